The largest absolute Gasteiger partial charge is 0.465 e. The first-order valence-electron chi connectivity index (χ1n) is 9.22. The average Bonchev–Trinajstić information content (AvgIpc) is 2.62. The molecule has 5 nitrogen and oxygen atoms in total. The number of carbonyl (C=O) groups excluding carboxylic acids is 3. The Morgan fingerprint density at radius 3 is 2.00 bits per heavy atom. The summed E-state index contributed by atoms with van der Waals surface area (Å²) < 4.78 is 10.4. The minimum Gasteiger partial charge on any atom is -0.465 e. The number of Topliss-reactive ketones (excluding diaryl/α,β-unsaturated/α-hetero) is 1. The van der Waals surface area contributed by atoms with E-state index >= 15 is 0 Å². The molecule has 142 valence electrons. The van der Waals surface area contributed by atoms with E-state index in [-0.39, 0.29) is 30.8 Å². The van der Waals surface area contributed by atoms with Gasteiger partial charge in [0.2, 0.25) is 0 Å². The van der Waals surface area contributed by atoms with Gasteiger partial charge in [-0.3, -0.25) is 14.4 Å². The van der Waals surface area contributed by atoms with Gasteiger partial charge in [-0.1, -0.05) is 44.2 Å². The molecule has 0 amide bonds. The predicted molar refractivity (Wildman–Crippen MR) is 97.6 cm³/mol. The molecule has 1 unspecified atom stereocenters. The average molecular weight is 360 g/mol. The standard InChI is InChI=1S/C21H28O5/c1-5-25-18(23)21(19(24)26-6-2)13-12-20(3,4)16(14-21)17(22)15-10-8-7-9-11-15/h7-11,16H,5-6,12-14H2,1-4H3. The second-order valence-corrected chi connectivity index (χ2v) is 7.50. The molecule has 0 radical (unpaired) electrons. The summed E-state index contributed by atoms with van der Waals surface area (Å²) in [5, 5.41) is 0. The Morgan fingerprint density at radius 1 is 0.962 bits per heavy atom. The quantitative estimate of drug-likeness (QED) is 0.438. The molecule has 0 bridgehead atoms. The van der Waals surface area contributed by atoms with Crippen LogP contribution >= 0.6 is 0 Å². The molecule has 1 aliphatic carbocycles. The monoisotopic (exact) mass is 360 g/mol. The van der Waals surface area contributed by atoms with E-state index in [0.717, 1.165) is 0 Å². The minimum absolute atomic E-state index is 0.0479. The summed E-state index contributed by atoms with van der Waals surface area (Å²) in [6, 6.07) is 9.01. The van der Waals surface area contributed by atoms with Crippen molar-refractivity contribution in [3.8, 4) is 0 Å². The second kappa shape index (κ2) is 8.02. The van der Waals surface area contributed by atoms with Crippen LogP contribution in [0.25, 0.3) is 0 Å². The molecule has 0 spiro atoms. The molecule has 1 fully saturated rings. The van der Waals surface area contributed by atoms with E-state index in [1.54, 1.807) is 26.0 Å². The Kier molecular flexibility index (Phi) is 6.21. The van der Waals surface area contributed by atoms with Gasteiger partial charge in [0.25, 0.3) is 0 Å². The maximum absolute atomic E-state index is 13.2. The lowest BCUT2D eigenvalue weighted by molar-refractivity contribution is -0.177. The molecule has 0 aliphatic heterocycles. The number of ether oxygens (including phenoxy) is 2. The van der Waals surface area contributed by atoms with Crippen molar-refractivity contribution in [3.05, 3.63) is 35.9 Å². The molecule has 1 saturated carbocycles. The molecular formula is C21H28O5. The molecule has 0 N–H and O–H groups in total. The summed E-state index contributed by atoms with van der Waals surface area (Å²) >= 11 is 0. The van der Waals surface area contributed by atoms with Crippen molar-refractivity contribution in [1.82, 2.24) is 0 Å². The van der Waals surface area contributed by atoms with Crippen LogP contribution in [0, 0.1) is 16.7 Å². The van der Waals surface area contributed by atoms with Gasteiger partial charge in [0, 0.05) is 11.5 Å². The third-order valence-corrected chi connectivity index (χ3v) is 5.40. The fourth-order valence-electron chi connectivity index (χ4n) is 3.68. The van der Waals surface area contributed by atoms with Gasteiger partial charge < -0.3 is 9.47 Å². The summed E-state index contributed by atoms with van der Waals surface area (Å²) in [6.45, 7) is 7.80. The van der Waals surface area contributed by atoms with Crippen molar-refractivity contribution in [3.63, 3.8) is 0 Å². The normalized spacial score (nSPS) is 20.8. The lowest BCUT2D eigenvalue weighted by atomic mass is 9.57. The number of benzene rings is 1. The van der Waals surface area contributed by atoms with Gasteiger partial charge in [0.05, 0.1) is 13.2 Å². The van der Waals surface area contributed by atoms with Crippen LogP contribution in [0.1, 0.15) is 57.3 Å². The van der Waals surface area contributed by atoms with Gasteiger partial charge >= 0.3 is 11.9 Å². The van der Waals surface area contributed by atoms with Crippen LogP contribution in [0.15, 0.2) is 30.3 Å². The van der Waals surface area contributed by atoms with E-state index in [4.69, 9.17) is 9.47 Å². The van der Waals surface area contributed by atoms with Crippen LogP contribution in [-0.2, 0) is 19.1 Å². The van der Waals surface area contributed by atoms with Gasteiger partial charge in [-0.2, -0.15) is 0 Å². The Bertz CT molecular complexity index is 644. The number of hydrogen-bond donors (Lipinski definition) is 0. The molecule has 1 aromatic rings. The zero-order valence-corrected chi connectivity index (χ0v) is 16.0. The Hall–Kier alpha value is -2.17. The highest BCUT2D eigenvalue weighted by atomic mass is 16.6. The van der Waals surface area contributed by atoms with E-state index in [0.29, 0.717) is 18.4 Å². The van der Waals surface area contributed by atoms with Crippen LogP contribution < -0.4 is 0 Å². The summed E-state index contributed by atoms with van der Waals surface area (Å²) in [5.74, 6) is -1.68. The highest BCUT2D eigenvalue weighted by molar-refractivity contribution is 6.03. The van der Waals surface area contributed by atoms with Crippen molar-refractivity contribution < 1.29 is 23.9 Å². The van der Waals surface area contributed by atoms with Crippen LogP contribution in [0.5, 0.6) is 0 Å². The zero-order valence-electron chi connectivity index (χ0n) is 16.0. The minimum atomic E-state index is -1.41. The topological polar surface area (TPSA) is 69.7 Å². The van der Waals surface area contributed by atoms with E-state index in [1.165, 1.54) is 0 Å². The molecule has 0 aromatic heterocycles. The predicted octanol–water partition coefficient (Wildman–Crippen LogP) is 3.81. The molecule has 1 atom stereocenters. The van der Waals surface area contributed by atoms with E-state index < -0.39 is 23.3 Å². The Labute approximate surface area is 155 Å². The van der Waals surface area contributed by atoms with Crippen molar-refractivity contribution in [1.29, 1.82) is 0 Å². The Morgan fingerprint density at radius 2 is 1.50 bits per heavy atom. The van der Waals surface area contributed by atoms with Gasteiger partial charge in [-0.15, -0.1) is 0 Å². The SMILES string of the molecule is CCOC(=O)C1(C(=O)OCC)CCC(C)(C)C(C(=O)c2ccccc2)C1. The number of ketones is 1. The summed E-state index contributed by atoms with van der Waals surface area (Å²) in [6.07, 6.45) is 1.01. The second-order valence-electron chi connectivity index (χ2n) is 7.50. The van der Waals surface area contributed by atoms with Crippen molar-refractivity contribution in [2.24, 2.45) is 16.7 Å². The highest BCUT2D eigenvalue weighted by Crippen LogP contribution is 2.51. The van der Waals surface area contributed by atoms with Crippen LogP contribution in [0.4, 0.5) is 0 Å². The molecular weight excluding hydrogens is 332 g/mol. The number of hydrogen-bond acceptors (Lipinski definition) is 5. The van der Waals surface area contributed by atoms with Gasteiger partial charge in [-0.05, 0) is 38.5 Å². The van der Waals surface area contributed by atoms with E-state index in [2.05, 4.69) is 0 Å². The lowest BCUT2D eigenvalue weighted by Crippen LogP contribution is -2.51. The molecule has 2 rings (SSSR count). The maximum atomic E-state index is 13.2. The summed E-state index contributed by atoms with van der Waals surface area (Å²) in [5.41, 5.74) is -1.14. The number of esters is 2. The lowest BCUT2D eigenvalue weighted by Gasteiger charge is -2.45. The van der Waals surface area contributed by atoms with E-state index in [1.807, 2.05) is 32.0 Å². The first-order chi connectivity index (χ1) is 12.3. The smallest absolute Gasteiger partial charge is 0.323 e. The van der Waals surface area contributed by atoms with Crippen molar-refractivity contribution in [2.75, 3.05) is 13.2 Å². The van der Waals surface area contributed by atoms with Crippen LogP contribution in [0.3, 0.4) is 0 Å². The van der Waals surface area contributed by atoms with Crippen molar-refractivity contribution in [2.45, 2.75) is 47.0 Å². The Balaban J connectivity index is 2.42. The van der Waals surface area contributed by atoms with Crippen molar-refractivity contribution >= 4 is 17.7 Å². The van der Waals surface area contributed by atoms with Gasteiger partial charge in [0.15, 0.2) is 11.2 Å². The molecule has 1 aliphatic rings. The maximum Gasteiger partial charge on any atom is 0.323 e. The summed E-state index contributed by atoms with van der Waals surface area (Å²) in [4.78, 5) is 38.6. The van der Waals surface area contributed by atoms with E-state index in [9.17, 15) is 14.4 Å². The molecule has 0 saturated heterocycles. The van der Waals surface area contributed by atoms with Gasteiger partial charge in [0.1, 0.15) is 0 Å². The third kappa shape index (κ3) is 3.81. The molecule has 5 heteroatoms. The molecule has 1 aromatic carbocycles. The number of carbonyl (C=O) groups is 3. The fourth-order valence-corrected chi connectivity index (χ4v) is 3.68. The molecule has 26 heavy (non-hydrogen) atoms. The number of rotatable bonds is 6. The first kappa shape index (κ1) is 20.1. The summed E-state index contributed by atoms with van der Waals surface area (Å²) in [7, 11) is 0. The van der Waals surface area contributed by atoms with Crippen LogP contribution in [0.2, 0.25) is 0 Å². The fraction of sp³-hybridized carbons (Fsp3) is 0.571. The molecule has 0 heterocycles. The first-order valence-corrected chi connectivity index (χ1v) is 9.22. The van der Waals surface area contributed by atoms with Gasteiger partial charge in [-0.25, -0.2) is 0 Å². The van der Waals surface area contributed by atoms with Crippen LogP contribution in [-0.4, -0.2) is 30.9 Å². The zero-order chi connectivity index (χ0) is 19.4. The highest BCUT2D eigenvalue weighted by Gasteiger charge is 2.57. The third-order valence-electron chi connectivity index (χ3n) is 5.40.